The van der Waals surface area contributed by atoms with Crippen molar-refractivity contribution in [2.24, 2.45) is 11.7 Å². The molecule has 3 N–H and O–H groups in total. The van der Waals surface area contributed by atoms with Gasteiger partial charge >= 0.3 is 0 Å². The van der Waals surface area contributed by atoms with Crippen LogP contribution in [0.2, 0.25) is 0 Å². The fourth-order valence-corrected chi connectivity index (χ4v) is 2.38. The smallest absolute Gasteiger partial charge is 0.221 e. The molecule has 1 rings (SSSR count). The third-order valence-corrected chi connectivity index (χ3v) is 3.41. The van der Waals surface area contributed by atoms with Crippen molar-refractivity contribution in [2.45, 2.75) is 52.1 Å². The van der Waals surface area contributed by atoms with Gasteiger partial charge in [-0.05, 0) is 39.2 Å². The molecule has 17 heavy (non-hydrogen) atoms. The lowest BCUT2D eigenvalue weighted by Crippen LogP contribution is -2.46. The van der Waals surface area contributed by atoms with E-state index in [1.54, 1.807) is 0 Å². The molecule has 3 unspecified atom stereocenters. The van der Waals surface area contributed by atoms with Gasteiger partial charge in [0.25, 0.3) is 0 Å². The molecule has 4 heteroatoms. The summed E-state index contributed by atoms with van der Waals surface area (Å²) in [6, 6.07) is 0.370. The average Bonchev–Trinajstić information content (AvgIpc) is 2.25. The summed E-state index contributed by atoms with van der Waals surface area (Å²) in [7, 11) is 0. The molecule has 0 aromatic carbocycles. The van der Waals surface area contributed by atoms with Gasteiger partial charge in [0, 0.05) is 31.6 Å². The molecule has 0 aromatic heterocycles. The van der Waals surface area contributed by atoms with E-state index in [4.69, 9.17) is 5.73 Å². The van der Waals surface area contributed by atoms with Gasteiger partial charge in [-0.1, -0.05) is 6.92 Å². The Morgan fingerprint density at radius 1 is 1.53 bits per heavy atom. The number of nitrogens with one attached hydrogen (secondary N) is 1. The summed E-state index contributed by atoms with van der Waals surface area (Å²) in [5, 5.41) is 2.97. The molecule has 0 bridgehead atoms. The first kappa shape index (κ1) is 14.5. The zero-order chi connectivity index (χ0) is 12.8. The van der Waals surface area contributed by atoms with Crippen LogP contribution in [0.4, 0.5) is 0 Å². The molecule has 0 aliphatic carbocycles. The van der Waals surface area contributed by atoms with Crippen LogP contribution in [0.15, 0.2) is 0 Å². The van der Waals surface area contributed by atoms with Crippen molar-refractivity contribution in [3.8, 4) is 0 Å². The Balaban J connectivity index is 2.24. The van der Waals surface area contributed by atoms with Crippen LogP contribution in [0.5, 0.6) is 0 Å². The monoisotopic (exact) mass is 241 g/mol. The minimum Gasteiger partial charge on any atom is -0.354 e. The molecule has 4 nitrogen and oxygen atoms in total. The van der Waals surface area contributed by atoms with Crippen molar-refractivity contribution < 1.29 is 4.79 Å². The van der Waals surface area contributed by atoms with Crippen LogP contribution in [-0.4, -0.2) is 42.5 Å². The number of nitrogens with zero attached hydrogens (tertiary/aromatic N) is 1. The second-order valence-corrected chi connectivity index (χ2v) is 5.58. The summed E-state index contributed by atoms with van der Waals surface area (Å²) in [6.45, 7) is 9.39. The molecule has 0 aromatic rings. The van der Waals surface area contributed by atoms with Gasteiger partial charge in [-0.2, -0.15) is 0 Å². The zero-order valence-electron chi connectivity index (χ0n) is 11.4. The van der Waals surface area contributed by atoms with Crippen molar-refractivity contribution >= 4 is 5.91 Å². The largest absolute Gasteiger partial charge is 0.354 e. The molecular formula is C13H27N3O. The van der Waals surface area contributed by atoms with E-state index < -0.39 is 0 Å². The van der Waals surface area contributed by atoms with Gasteiger partial charge in [0.1, 0.15) is 0 Å². The lowest BCUT2D eigenvalue weighted by molar-refractivity contribution is -0.121. The highest BCUT2D eigenvalue weighted by atomic mass is 16.1. The normalized spacial score (nSPS) is 25.3. The van der Waals surface area contributed by atoms with Gasteiger partial charge in [-0.3, -0.25) is 9.69 Å². The fourth-order valence-electron chi connectivity index (χ4n) is 2.38. The summed E-state index contributed by atoms with van der Waals surface area (Å²) in [4.78, 5) is 14.0. The average molecular weight is 241 g/mol. The number of carbonyl (C=O) groups is 1. The van der Waals surface area contributed by atoms with Gasteiger partial charge < -0.3 is 11.1 Å². The molecular weight excluding hydrogens is 214 g/mol. The molecule has 0 spiro atoms. The Morgan fingerprint density at radius 2 is 2.24 bits per heavy atom. The van der Waals surface area contributed by atoms with Crippen LogP contribution in [0.3, 0.4) is 0 Å². The molecule has 0 saturated carbocycles. The third kappa shape index (κ3) is 5.50. The minimum absolute atomic E-state index is 0.0553. The number of carbonyl (C=O) groups excluding carboxylic acids is 1. The second-order valence-electron chi connectivity index (χ2n) is 5.58. The molecule has 1 heterocycles. The van der Waals surface area contributed by atoms with Crippen molar-refractivity contribution in [3.05, 3.63) is 0 Å². The van der Waals surface area contributed by atoms with E-state index in [9.17, 15) is 4.79 Å². The van der Waals surface area contributed by atoms with Gasteiger partial charge in [0.2, 0.25) is 5.91 Å². The molecule has 100 valence electrons. The Bertz CT molecular complexity index is 243. The summed E-state index contributed by atoms with van der Waals surface area (Å²) < 4.78 is 0. The first-order valence-electron chi connectivity index (χ1n) is 6.75. The van der Waals surface area contributed by atoms with Crippen molar-refractivity contribution in [1.29, 1.82) is 0 Å². The number of amides is 1. The molecule has 0 radical (unpaired) electrons. The second kappa shape index (κ2) is 6.97. The van der Waals surface area contributed by atoms with E-state index in [1.807, 2.05) is 6.92 Å². The predicted molar refractivity (Wildman–Crippen MR) is 70.7 cm³/mol. The molecule has 1 saturated heterocycles. The lowest BCUT2D eigenvalue weighted by Gasteiger charge is -2.35. The van der Waals surface area contributed by atoms with E-state index in [1.165, 1.54) is 12.8 Å². The highest BCUT2D eigenvalue weighted by Gasteiger charge is 2.21. The first-order valence-corrected chi connectivity index (χ1v) is 6.75. The maximum atomic E-state index is 11.5. The van der Waals surface area contributed by atoms with Gasteiger partial charge in [0.15, 0.2) is 0 Å². The van der Waals surface area contributed by atoms with Crippen LogP contribution in [-0.2, 0) is 4.79 Å². The van der Waals surface area contributed by atoms with Crippen LogP contribution in [0.25, 0.3) is 0 Å². The van der Waals surface area contributed by atoms with Crippen molar-refractivity contribution in [2.75, 3.05) is 19.6 Å². The van der Waals surface area contributed by atoms with Gasteiger partial charge in [-0.15, -0.1) is 0 Å². The minimum atomic E-state index is -0.0553. The molecule has 1 amide bonds. The Labute approximate surface area is 105 Å². The highest BCUT2D eigenvalue weighted by molar-refractivity contribution is 5.76. The Morgan fingerprint density at radius 3 is 2.82 bits per heavy atom. The SMILES string of the molecule is CC(N)CC(=O)NCC(C)N1CCCC(C)C1. The van der Waals surface area contributed by atoms with E-state index >= 15 is 0 Å². The number of hydrogen-bond acceptors (Lipinski definition) is 3. The van der Waals surface area contributed by atoms with Crippen LogP contribution >= 0.6 is 0 Å². The maximum absolute atomic E-state index is 11.5. The van der Waals surface area contributed by atoms with Gasteiger partial charge in [-0.25, -0.2) is 0 Å². The molecule has 1 aliphatic rings. The Kier molecular flexibility index (Phi) is 5.92. The van der Waals surface area contributed by atoms with Crippen LogP contribution in [0, 0.1) is 5.92 Å². The van der Waals surface area contributed by atoms with E-state index in [0.29, 0.717) is 12.5 Å². The Hall–Kier alpha value is -0.610. The number of nitrogens with two attached hydrogens (primary N) is 1. The maximum Gasteiger partial charge on any atom is 0.221 e. The molecule has 1 aliphatic heterocycles. The number of rotatable bonds is 5. The summed E-state index contributed by atoms with van der Waals surface area (Å²) >= 11 is 0. The van der Waals surface area contributed by atoms with Crippen LogP contribution in [0.1, 0.15) is 40.0 Å². The van der Waals surface area contributed by atoms with Crippen LogP contribution < -0.4 is 11.1 Å². The summed E-state index contributed by atoms with van der Waals surface area (Å²) in [5.74, 6) is 0.850. The summed E-state index contributed by atoms with van der Waals surface area (Å²) in [5.41, 5.74) is 5.59. The number of likely N-dealkylation sites (tertiary alicyclic amines) is 1. The van der Waals surface area contributed by atoms with Crippen molar-refractivity contribution in [1.82, 2.24) is 10.2 Å². The van der Waals surface area contributed by atoms with E-state index in [-0.39, 0.29) is 11.9 Å². The van der Waals surface area contributed by atoms with E-state index in [2.05, 4.69) is 24.1 Å². The number of piperidine rings is 1. The topological polar surface area (TPSA) is 58.4 Å². The quantitative estimate of drug-likeness (QED) is 0.754. The molecule has 1 fully saturated rings. The molecule has 3 atom stereocenters. The predicted octanol–water partition coefficient (Wildman–Crippen LogP) is 0.960. The van der Waals surface area contributed by atoms with Gasteiger partial charge in [0.05, 0.1) is 0 Å². The first-order chi connectivity index (χ1) is 7.99. The van der Waals surface area contributed by atoms with E-state index in [0.717, 1.165) is 25.6 Å². The standard InChI is InChI=1S/C13H27N3O/c1-10-5-4-6-16(9-10)12(3)8-15-13(17)7-11(2)14/h10-12H,4-9,14H2,1-3H3,(H,15,17). The fraction of sp³-hybridized carbons (Fsp3) is 0.923. The lowest BCUT2D eigenvalue weighted by atomic mass is 9.99. The highest BCUT2D eigenvalue weighted by Crippen LogP contribution is 2.17. The van der Waals surface area contributed by atoms with Crippen molar-refractivity contribution in [3.63, 3.8) is 0 Å². The number of hydrogen-bond donors (Lipinski definition) is 2. The zero-order valence-corrected chi connectivity index (χ0v) is 11.4. The summed E-state index contributed by atoms with van der Waals surface area (Å²) in [6.07, 6.45) is 3.03. The third-order valence-electron chi connectivity index (χ3n) is 3.41.